The smallest absolute Gasteiger partial charge is 0.337 e. The molecule has 2 aliphatic carbocycles. The van der Waals surface area contributed by atoms with Crippen LogP contribution in [-0.2, 0) is 9.53 Å². The number of ether oxygens (including phenoxy) is 1. The summed E-state index contributed by atoms with van der Waals surface area (Å²) in [5.74, 6) is -1.08. The van der Waals surface area contributed by atoms with Crippen LogP contribution in [0.15, 0.2) is 46.1 Å². The molecule has 1 aromatic carbocycles. The van der Waals surface area contributed by atoms with Crippen LogP contribution in [0.25, 0.3) is 16.7 Å². The van der Waals surface area contributed by atoms with Gasteiger partial charge in [-0.1, -0.05) is 6.07 Å². The molecule has 182 valence electrons. The molecule has 35 heavy (non-hydrogen) atoms. The van der Waals surface area contributed by atoms with Crippen LogP contribution >= 0.6 is 0 Å². The fraction of sp³-hybridized carbons (Fsp3) is 0.400. The molecule has 5 rings (SSSR count). The lowest BCUT2D eigenvalue weighted by atomic mass is 9.90. The molecule has 2 aromatic heterocycles. The van der Waals surface area contributed by atoms with E-state index < -0.39 is 29.1 Å². The second-order valence-corrected chi connectivity index (χ2v) is 9.15. The number of hydrogen-bond donors (Lipinski definition) is 1. The van der Waals surface area contributed by atoms with E-state index in [0.717, 1.165) is 29.7 Å². The van der Waals surface area contributed by atoms with Gasteiger partial charge in [0, 0.05) is 18.0 Å². The highest BCUT2D eigenvalue weighted by atomic mass is 19.1. The number of nitrogens with zero attached hydrogens (tertiary/aromatic N) is 3. The maximum Gasteiger partial charge on any atom is 0.337 e. The summed E-state index contributed by atoms with van der Waals surface area (Å²) in [7, 11) is 1.25. The van der Waals surface area contributed by atoms with Crippen LogP contribution in [0.2, 0.25) is 0 Å². The molecule has 0 bridgehead atoms. The molecule has 2 saturated carbocycles. The maximum atomic E-state index is 14.1. The summed E-state index contributed by atoms with van der Waals surface area (Å²) < 4.78 is 21.2. The summed E-state index contributed by atoms with van der Waals surface area (Å²) in [5.41, 5.74) is -0.694. The normalized spacial score (nSPS) is 19.9. The topological polar surface area (TPSA) is 112 Å². The Kier molecular flexibility index (Phi) is 5.96. The van der Waals surface area contributed by atoms with Crippen molar-refractivity contribution in [1.29, 1.82) is 0 Å². The Balaban J connectivity index is 1.57. The maximum absolute atomic E-state index is 14.1. The number of halogens is 1. The van der Waals surface area contributed by atoms with E-state index in [9.17, 15) is 23.6 Å². The minimum absolute atomic E-state index is 0.00467. The SMILES string of the molecule is COC(=O)c1cccc(-n2c(=O)n(C3CCC(NC(=O)C4CC4)CC3)c(=O)c3cc(F)cnc32)c1. The number of amides is 1. The lowest BCUT2D eigenvalue weighted by molar-refractivity contribution is -0.123. The van der Waals surface area contributed by atoms with Gasteiger partial charge in [0.1, 0.15) is 5.82 Å². The van der Waals surface area contributed by atoms with Crippen molar-refractivity contribution >= 4 is 22.9 Å². The molecule has 2 aliphatic rings. The van der Waals surface area contributed by atoms with Crippen LogP contribution in [0, 0.1) is 11.7 Å². The highest BCUT2D eigenvalue weighted by Crippen LogP contribution is 2.31. The summed E-state index contributed by atoms with van der Waals surface area (Å²) in [6, 6.07) is 6.88. The zero-order valence-electron chi connectivity index (χ0n) is 19.2. The number of aromatic nitrogens is 3. The second kappa shape index (κ2) is 9.09. The van der Waals surface area contributed by atoms with Crippen molar-refractivity contribution in [2.45, 2.75) is 50.6 Å². The van der Waals surface area contributed by atoms with E-state index >= 15 is 0 Å². The number of carbonyl (C=O) groups is 2. The third-order valence-corrected chi connectivity index (χ3v) is 6.77. The van der Waals surface area contributed by atoms with Gasteiger partial charge in [-0.05, 0) is 62.8 Å². The van der Waals surface area contributed by atoms with Crippen molar-refractivity contribution in [3.8, 4) is 5.69 Å². The van der Waals surface area contributed by atoms with Gasteiger partial charge in [-0.2, -0.15) is 0 Å². The highest BCUT2D eigenvalue weighted by molar-refractivity contribution is 5.90. The zero-order valence-corrected chi connectivity index (χ0v) is 19.2. The molecular weight excluding hydrogens is 455 g/mol. The van der Waals surface area contributed by atoms with Crippen LogP contribution in [0.3, 0.4) is 0 Å². The third-order valence-electron chi connectivity index (χ3n) is 6.77. The van der Waals surface area contributed by atoms with Crippen LogP contribution < -0.4 is 16.6 Å². The predicted octanol–water partition coefficient (Wildman–Crippen LogP) is 2.48. The summed E-state index contributed by atoms with van der Waals surface area (Å²) in [5, 5.41) is 3.04. The van der Waals surface area contributed by atoms with E-state index in [1.54, 1.807) is 18.2 Å². The van der Waals surface area contributed by atoms with E-state index in [2.05, 4.69) is 10.3 Å². The third kappa shape index (κ3) is 4.36. The van der Waals surface area contributed by atoms with Gasteiger partial charge in [-0.25, -0.2) is 23.5 Å². The van der Waals surface area contributed by atoms with Crippen LogP contribution in [-0.4, -0.2) is 39.1 Å². The number of benzene rings is 1. The molecule has 0 saturated heterocycles. The fourth-order valence-electron chi connectivity index (χ4n) is 4.77. The number of esters is 1. The first-order valence-electron chi connectivity index (χ1n) is 11.7. The number of carbonyl (C=O) groups excluding carboxylic acids is 2. The minimum atomic E-state index is -0.693. The van der Waals surface area contributed by atoms with E-state index in [-0.39, 0.29) is 34.5 Å². The van der Waals surface area contributed by atoms with Crippen LogP contribution in [0.1, 0.15) is 54.9 Å². The Bertz CT molecular complexity index is 1430. The standard InChI is InChI=1S/C25H25FN4O5/c1-35-24(33)15-3-2-4-19(11-15)29-21-20(12-16(26)13-27-21)23(32)30(25(29)34)18-9-7-17(8-10-18)28-22(31)14-5-6-14/h2-4,11-14,17-18H,5-10H2,1H3,(H,28,31). The number of nitrogens with one attached hydrogen (secondary N) is 1. The second-order valence-electron chi connectivity index (χ2n) is 9.15. The van der Waals surface area contributed by atoms with E-state index in [1.807, 2.05) is 0 Å². The first kappa shape index (κ1) is 22.9. The summed E-state index contributed by atoms with van der Waals surface area (Å²) in [6.45, 7) is 0. The molecule has 0 spiro atoms. The Morgan fingerprint density at radius 3 is 2.51 bits per heavy atom. The van der Waals surface area contributed by atoms with Gasteiger partial charge in [-0.3, -0.25) is 14.2 Å². The monoisotopic (exact) mass is 480 g/mol. The molecule has 2 heterocycles. The molecule has 0 radical (unpaired) electrons. The molecule has 10 heteroatoms. The summed E-state index contributed by atoms with van der Waals surface area (Å²) in [6.07, 6.45) is 5.09. The largest absolute Gasteiger partial charge is 0.465 e. The van der Waals surface area contributed by atoms with E-state index in [1.165, 1.54) is 17.7 Å². The molecule has 9 nitrogen and oxygen atoms in total. The molecule has 3 aromatic rings. The molecule has 2 fully saturated rings. The van der Waals surface area contributed by atoms with Crippen molar-refractivity contribution in [3.05, 3.63) is 68.7 Å². The van der Waals surface area contributed by atoms with Crippen molar-refractivity contribution in [2.75, 3.05) is 7.11 Å². The summed E-state index contributed by atoms with van der Waals surface area (Å²) >= 11 is 0. The highest BCUT2D eigenvalue weighted by Gasteiger charge is 2.33. The van der Waals surface area contributed by atoms with E-state index in [0.29, 0.717) is 31.4 Å². The minimum Gasteiger partial charge on any atom is -0.465 e. The summed E-state index contributed by atoms with van der Waals surface area (Å²) in [4.78, 5) is 55.3. The molecule has 1 amide bonds. The van der Waals surface area contributed by atoms with Gasteiger partial charge in [-0.15, -0.1) is 0 Å². The van der Waals surface area contributed by atoms with Gasteiger partial charge < -0.3 is 10.1 Å². The Morgan fingerprint density at radius 1 is 1.09 bits per heavy atom. The molecular formula is C25H25FN4O5. The number of methoxy groups -OCH3 is 1. The van der Waals surface area contributed by atoms with Gasteiger partial charge in [0.05, 0.1) is 29.9 Å². The number of rotatable bonds is 5. The van der Waals surface area contributed by atoms with Gasteiger partial charge >= 0.3 is 11.7 Å². The van der Waals surface area contributed by atoms with Crippen molar-refractivity contribution < 1.29 is 18.7 Å². The van der Waals surface area contributed by atoms with Crippen molar-refractivity contribution in [3.63, 3.8) is 0 Å². The fourth-order valence-corrected chi connectivity index (χ4v) is 4.77. The average molecular weight is 480 g/mol. The number of pyridine rings is 1. The van der Waals surface area contributed by atoms with Crippen LogP contribution in [0.4, 0.5) is 4.39 Å². The first-order valence-corrected chi connectivity index (χ1v) is 11.7. The van der Waals surface area contributed by atoms with Gasteiger partial charge in [0.15, 0.2) is 5.65 Å². The predicted molar refractivity (Wildman–Crippen MR) is 125 cm³/mol. The number of hydrogen-bond acceptors (Lipinski definition) is 6. The van der Waals surface area contributed by atoms with Gasteiger partial charge in [0.2, 0.25) is 5.91 Å². The molecule has 0 aliphatic heterocycles. The first-order chi connectivity index (χ1) is 16.9. The van der Waals surface area contributed by atoms with Gasteiger partial charge in [0.25, 0.3) is 5.56 Å². The average Bonchev–Trinajstić information content (AvgIpc) is 3.71. The molecule has 1 N–H and O–H groups in total. The van der Waals surface area contributed by atoms with Crippen LogP contribution in [0.5, 0.6) is 0 Å². The van der Waals surface area contributed by atoms with E-state index in [4.69, 9.17) is 4.74 Å². The lowest BCUT2D eigenvalue weighted by Crippen LogP contribution is -2.45. The quantitative estimate of drug-likeness (QED) is 0.562. The molecule has 0 atom stereocenters. The number of fused-ring (bicyclic) bond motifs is 1. The lowest BCUT2D eigenvalue weighted by Gasteiger charge is -2.30. The van der Waals surface area contributed by atoms with Crippen molar-refractivity contribution in [1.82, 2.24) is 19.4 Å². The Morgan fingerprint density at radius 2 is 1.83 bits per heavy atom. The Hall–Kier alpha value is -3.82. The van der Waals surface area contributed by atoms with Crippen molar-refractivity contribution in [2.24, 2.45) is 5.92 Å². The zero-order chi connectivity index (χ0) is 24.7. The Labute approximate surface area is 199 Å². The molecule has 0 unspecified atom stereocenters.